The van der Waals surface area contributed by atoms with Gasteiger partial charge in [0.25, 0.3) is 5.91 Å². The maximum absolute atomic E-state index is 12.5. The number of amides is 1. The fourth-order valence-electron chi connectivity index (χ4n) is 2.77. The van der Waals surface area contributed by atoms with E-state index in [1.807, 2.05) is 24.3 Å². The number of para-hydroxylation sites is 2. The van der Waals surface area contributed by atoms with Crippen LogP contribution in [0.25, 0.3) is 0 Å². The number of benzene rings is 1. The number of hydrogen-bond donors (Lipinski definition) is 1. The quantitative estimate of drug-likeness (QED) is 0.848. The van der Waals surface area contributed by atoms with Crippen molar-refractivity contribution < 1.29 is 9.53 Å². The van der Waals surface area contributed by atoms with Gasteiger partial charge in [0.15, 0.2) is 0 Å². The minimum absolute atomic E-state index is 0.0489. The molecule has 5 heteroatoms. The highest BCUT2D eigenvalue weighted by atomic mass is 32.1. The lowest BCUT2D eigenvalue weighted by atomic mass is 9.98. The number of thiazole rings is 1. The molecule has 24 heavy (non-hydrogen) atoms. The molecular weight excluding hydrogens is 320 g/mol. The SMILES string of the molecule is CC(C)(C)c1ncc(C(=O)Nc2ccccc2OC2CCCC2)s1. The van der Waals surface area contributed by atoms with Gasteiger partial charge in [-0.15, -0.1) is 11.3 Å². The smallest absolute Gasteiger partial charge is 0.267 e. The van der Waals surface area contributed by atoms with Crippen molar-refractivity contribution in [2.45, 2.75) is 58.0 Å². The van der Waals surface area contributed by atoms with Crippen molar-refractivity contribution in [1.82, 2.24) is 4.98 Å². The second kappa shape index (κ2) is 6.93. The van der Waals surface area contributed by atoms with Crippen molar-refractivity contribution in [2.75, 3.05) is 5.32 Å². The van der Waals surface area contributed by atoms with Crippen LogP contribution in [0, 0.1) is 0 Å². The molecule has 0 radical (unpaired) electrons. The number of carbonyl (C=O) groups is 1. The van der Waals surface area contributed by atoms with Crippen LogP contribution in [-0.4, -0.2) is 17.0 Å². The molecule has 1 aliphatic rings. The Bertz CT molecular complexity index is 712. The first-order chi connectivity index (χ1) is 11.4. The molecule has 1 heterocycles. The fourth-order valence-corrected chi connectivity index (χ4v) is 3.64. The summed E-state index contributed by atoms with van der Waals surface area (Å²) in [6.45, 7) is 6.29. The van der Waals surface area contributed by atoms with Gasteiger partial charge in [0.2, 0.25) is 0 Å². The van der Waals surface area contributed by atoms with Crippen LogP contribution in [0.15, 0.2) is 30.5 Å². The highest BCUT2D eigenvalue weighted by Crippen LogP contribution is 2.31. The standard InChI is InChI=1S/C19H24N2O2S/c1-19(2,3)18-20-12-16(24-18)17(22)21-14-10-6-7-11-15(14)23-13-8-4-5-9-13/h6-7,10-13H,4-5,8-9H2,1-3H3,(H,21,22). The summed E-state index contributed by atoms with van der Waals surface area (Å²) in [7, 11) is 0. The van der Waals surface area contributed by atoms with Gasteiger partial charge in [0.1, 0.15) is 10.6 Å². The Hall–Kier alpha value is -1.88. The molecule has 3 rings (SSSR count). The molecule has 2 aromatic rings. The van der Waals surface area contributed by atoms with Crippen LogP contribution in [0.3, 0.4) is 0 Å². The lowest BCUT2D eigenvalue weighted by molar-refractivity contribution is 0.102. The molecule has 1 aliphatic carbocycles. The molecule has 1 aromatic heterocycles. The van der Waals surface area contributed by atoms with E-state index in [1.165, 1.54) is 24.2 Å². The Balaban J connectivity index is 1.73. The molecule has 0 bridgehead atoms. The number of nitrogens with zero attached hydrogens (tertiary/aromatic N) is 1. The van der Waals surface area contributed by atoms with Crippen molar-refractivity contribution in [3.05, 3.63) is 40.3 Å². The molecule has 0 aliphatic heterocycles. The maximum Gasteiger partial charge on any atom is 0.267 e. The minimum atomic E-state index is -0.134. The van der Waals surface area contributed by atoms with Crippen LogP contribution in [0.4, 0.5) is 5.69 Å². The topological polar surface area (TPSA) is 51.2 Å². The Morgan fingerprint density at radius 2 is 1.96 bits per heavy atom. The molecule has 1 amide bonds. The van der Waals surface area contributed by atoms with Crippen LogP contribution in [0.5, 0.6) is 5.75 Å². The van der Waals surface area contributed by atoms with E-state index >= 15 is 0 Å². The molecule has 1 saturated carbocycles. The summed E-state index contributed by atoms with van der Waals surface area (Å²) < 4.78 is 6.08. The molecule has 0 saturated heterocycles. The zero-order valence-electron chi connectivity index (χ0n) is 14.5. The summed E-state index contributed by atoms with van der Waals surface area (Å²) in [6.07, 6.45) is 6.53. The third kappa shape index (κ3) is 3.96. The zero-order chi connectivity index (χ0) is 17.2. The Morgan fingerprint density at radius 1 is 1.25 bits per heavy atom. The molecular formula is C19H24N2O2S. The third-order valence-corrected chi connectivity index (χ3v) is 5.52. The summed E-state index contributed by atoms with van der Waals surface area (Å²) in [6, 6.07) is 7.64. The first-order valence-electron chi connectivity index (χ1n) is 8.47. The van der Waals surface area contributed by atoms with Crippen molar-refractivity contribution in [2.24, 2.45) is 0 Å². The van der Waals surface area contributed by atoms with E-state index in [4.69, 9.17) is 4.74 Å². The van der Waals surface area contributed by atoms with E-state index < -0.39 is 0 Å². The van der Waals surface area contributed by atoms with Gasteiger partial charge >= 0.3 is 0 Å². The average molecular weight is 344 g/mol. The van der Waals surface area contributed by atoms with Crippen molar-refractivity contribution >= 4 is 22.9 Å². The molecule has 0 unspecified atom stereocenters. The van der Waals surface area contributed by atoms with Gasteiger partial charge in [-0.1, -0.05) is 32.9 Å². The average Bonchev–Trinajstić information content (AvgIpc) is 3.19. The second-order valence-electron chi connectivity index (χ2n) is 7.25. The highest BCUT2D eigenvalue weighted by molar-refractivity contribution is 7.13. The summed E-state index contributed by atoms with van der Waals surface area (Å²) in [5.41, 5.74) is 0.673. The predicted octanol–water partition coefficient (Wildman–Crippen LogP) is 5.01. The largest absolute Gasteiger partial charge is 0.488 e. The predicted molar refractivity (Wildman–Crippen MR) is 98.1 cm³/mol. The monoisotopic (exact) mass is 344 g/mol. The van der Waals surface area contributed by atoms with Crippen LogP contribution >= 0.6 is 11.3 Å². The number of nitrogens with one attached hydrogen (secondary N) is 1. The molecule has 1 aromatic carbocycles. The van der Waals surface area contributed by atoms with Crippen molar-refractivity contribution in [3.63, 3.8) is 0 Å². The van der Waals surface area contributed by atoms with E-state index in [9.17, 15) is 4.79 Å². The highest BCUT2D eigenvalue weighted by Gasteiger charge is 2.22. The summed E-state index contributed by atoms with van der Waals surface area (Å²) in [5.74, 6) is 0.615. The lowest BCUT2D eigenvalue weighted by Crippen LogP contribution is -2.15. The number of carbonyl (C=O) groups excluding carboxylic acids is 1. The van der Waals surface area contributed by atoms with Gasteiger partial charge in [-0.25, -0.2) is 4.98 Å². The van der Waals surface area contributed by atoms with Gasteiger partial charge in [-0.05, 0) is 37.8 Å². The Labute approximate surface area is 147 Å². The van der Waals surface area contributed by atoms with E-state index in [0.29, 0.717) is 4.88 Å². The van der Waals surface area contributed by atoms with Gasteiger partial charge < -0.3 is 10.1 Å². The summed E-state index contributed by atoms with van der Waals surface area (Å²) in [4.78, 5) is 17.6. The first-order valence-corrected chi connectivity index (χ1v) is 9.28. The Kier molecular flexibility index (Phi) is 4.90. The van der Waals surface area contributed by atoms with Crippen LogP contribution < -0.4 is 10.1 Å². The second-order valence-corrected chi connectivity index (χ2v) is 8.28. The lowest BCUT2D eigenvalue weighted by Gasteiger charge is -2.16. The third-order valence-electron chi connectivity index (χ3n) is 4.10. The fraction of sp³-hybridized carbons (Fsp3) is 0.474. The maximum atomic E-state index is 12.5. The number of anilines is 1. The minimum Gasteiger partial charge on any atom is -0.488 e. The van der Waals surface area contributed by atoms with E-state index in [2.05, 4.69) is 31.1 Å². The van der Waals surface area contributed by atoms with Gasteiger partial charge in [-0.2, -0.15) is 0 Å². The Morgan fingerprint density at radius 3 is 2.62 bits per heavy atom. The molecule has 4 nitrogen and oxygen atoms in total. The van der Waals surface area contributed by atoms with Crippen molar-refractivity contribution in [1.29, 1.82) is 0 Å². The van der Waals surface area contributed by atoms with Crippen LogP contribution in [0.1, 0.15) is 61.1 Å². The van der Waals surface area contributed by atoms with Gasteiger partial charge in [-0.3, -0.25) is 4.79 Å². The summed E-state index contributed by atoms with van der Waals surface area (Å²) >= 11 is 1.44. The van der Waals surface area contributed by atoms with E-state index in [0.717, 1.165) is 29.3 Å². The van der Waals surface area contributed by atoms with Gasteiger partial charge in [0, 0.05) is 5.41 Å². The molecule has 0 atom stereocenters. The first kappa shape index (κ1) is 17.0. The number of hydrogen-bond acceptors (Lipinski definition) is 4. The number of ether oxygens (including phenoxy) is 1. The molecule has 0 spiro atoms. The summed E-state index contributed by atoms with van der Waals surface area (Å²) in [5, 5.41) is 3.93. The molecule has 1 fully saturated rings. The van der Waals surface area contributed by atoms with Crippen molar-refractivity contribution in [3.8, 4) is 5.75 Å². The van der Waals surface area contributed by atoms with E-state index in [1.54, 1.807) is 6.20 Å². The molecule has 128 valence electrons. The van der Waals surface area contributed by atoms with Crippen LogP contribution in [0.2, 0.25) is 0 Å². The van der Waals surface area contributed by atoms with Gasteiger partial charge in [0.05, 0.1) is 23.0 Å². The number of aromatic nitrogens is 1. The molecule has 1 N–H and O–H groups in total. The zero-order valence-corrected chi connectivity index (χ0v) is 15.3. The normalized spacial score (nSPS) is 15.5. The van der Waals surface area contributed by atoms with E-state index in [-0.39, 0.29) is 17.4 Å². The number of rotatable bonds is 4. The van der Waals surface area contributed by atoms with Crippen LogP contribution in [-0.2, 0) is 5.41 Å².